The first-order valence-electron chi connectivity index (χ1n) is 9.35. The maximum atomic E-state index is 9.83. The standard InChI is InChI=1S/C22H17N7O/c1-13-25-10-11-29(13)15-7-5-14(6-8-15)18-16(12-23)21(24)30-22-19(18)20(27-28-22)17-4-2-3-9-26-17/h2-11,18H,24H2,1H3,(H,27,28). The summed E-state index contributed by atoms with van der Waals surface area (Å²) in [6.45, 7) is 1.94. The van der Waals surface area contributed by atoms with E-state index < -0.39 is 5.92 Å². The number of rotatable bonds is 3. The molecule has 1 aliphatic rings. The first kappa shape index (κ1) is 17.7. The molecular formula is C22H17N7O. The van der Waals surface area contributed by atoms with Crippen molar-refractivity contribution in [3.05, 3.63) is 89.5 Å². The second-order valence-electron chi connectivity index (χ2n) is 6.89. The molecule has 30 heavy (non-hydrogen) atoms. The summed E-state index contributed by atoms with van der Waals surface area (Å²) in [5.74, 6) is 0.963. The number of aromatic amines is 1. The molecule has 5 rings (SSSR count). The highest BCUT2D eigenvalue weighted by molar-refractivity contribution is 5.68. The number of aromatic nitrogens is 5. The zero-order valence-corrected chi connectivity index (χ0v) is 16.1. The fourth-order valence-corrected chi connectivity index (χ4v) is 3.76. The van der Waals surface area contributed by atoms with E-state index >= 15 is 0 Å². The Bertz CT molecular complexity index is 1290. The van der Waals surface area contributed by atoms with Crippen LogP contribution in [0, 0.1) is 18.3 Å². The van der Waals surface area contributed by atoms with Gasteiger partial charge in [0.1, 0.15) is 23.2 Å². The van der Waals surface area contributed by atoms with Gasteiger partial charge < -0.3 is 15.0 Å². The molecule has 146 valence electrons. The summed E-state index contributed by atoms with van der Waals surface area (Å²) in [5.41, 5.74) is 10.3. The number of nitriles is 1. The average Bonchev–Trinajstić information content (AvgIpc) is 3.39. The Hall–Kier alpha value is -4.38. The van der Waals surface area contributed by atoms with Gasteiger partial charge in [0.2, 0.25) is 11.8 Å². The number of pyridine rings is 1. The molecule has 0 fully saturated rings. The van der Waals surface area contributed by atoms with Gasteiger partial charge in [-0.05, 0) is 36.8 Å². The van der Waals surface area contributed by atoms with Crippen LogP contribution in [0.5, 0.6) is 5.88 Å². The highest BCUT2D eigenvalue weighted by Gasteiger charge is 2.35. The first-order valence-corrected chi connectivity index (χ1v) is 9.35. The van der Waals surface area contributed by atoms with Crippen LogP contribution >= 0.6 is 0 Å². The minimum absolute atomic E-state index is 0.0701. The second-order valence-corrected chi connectivity index (χ2v) is 6.89. The third kappa shape index (κ3) is 2.72. The first-order chi connectivity index (χ1) is 14.7. The predicted molar refractivity (Wildman–Crippen MR) is 109 cm³/mol. The molecule has 0 radical (unpaired) electrons. The highest BCUT2D eigenvalue weighted by atomic mass is 16.5. The van der Waals surface area contributed by atoms with Crippen LogP contribution in [0.4, 0.5) is 0 Å². The lowest BCUT2D eigenvalue weighted by Crippen LogP contribution is -2.21. The molecule has 0 saturated carbocycles. The molecule has 1 aliphatic heterocycles. The van der Waals surface area contributed by atoms with Gasteiger partial charge in [-0.1, -0.05) is 18.2 Å². The summed E-state index contributed by atoms with van der Waals surface area (Å²) < 4.78 is 7.66. The second kappa shape index (κ2) is 6.90. The third-order valence-electron chi connectivity index (χ3n) is 5.18. The summed E-state index contributed by atoms with van der Waals surface area (Å²) in [6, 6.07) is 15.8. The normalized spacial score (nSPS) is 15.4. The Morgan fingerprint density at radius 2 is 1.97 bits per heavy atom. The Labute approximate surface area is 172 Å². The fraction of sp³-hybridized carbons (Fsp3) is 0.0909. The van der Waals surface area contributed by atoms with E-state index in [0.717, 1.165) is 22.6 Å². The molecule has 0 aliphatic carbocycles. The number of hydrogen-bond donors (Lipinski definition) is 2. The maximum Gasteiger partial charge on any atom is 0.222 e. The van der Waals surface area contributed by atoms with Crippen LogP contribution in [0.3, 0.4) is 0 Å². The van der Waals surface area contributed by atoms with Crippen molar-refractivity contribution in [1.82, 2.24) is 24.7 Å². The number of fused-ring (bicyclic) bond motifs is 1. The van der Waals surface area contributed by atoms with E-state index in [1.54, 1.807) is 12.4 Å². The van der Waals surface area contributed by atoms with Gasteiger partial charge in [0.25, 0.3) is 0 Å². The van der Waals surface area contributed by atoms with E-state index in [-0.39, 0.29) is 5.88 Å². The maximum absolute atomic E-state index is 9.83. The summed E-state index contributed by atoms with van der Waals surface area (Å²) in [5, 5.41) is 17.1. The molecule has 1 atom stereocenters. The van der Waals surface area contributed by atoms with Gasteiger partial charge in [0.05, 0.1) is 17.2 Å². The quantitative estimate of drug-likeness (QED) is 0.550. The van der Waals surface area contributed by atoms with Crippen LogP contribution < -0.4 is 10.5 Å². The van der Waals surface area contributed by atoms with Crippen LogP contribution in [0.25, 0.3) is 17.1 Å². The summed E-state index contributed by atoms with van der Waals surface area (Å²) in [7, 11) is 0. The van der Waals surface area contributed by atoms with E-state index in [4.69, 9.17) is 10.5 Å². The number of aryl methyl sites for hydroxylation is 1. The molecule has 3 N–H and O–H groups in total. The minimum Gasteiger partial charge on any atom is -0.422 e. The number of H-pyrrole nitrogens is 1. The van der Waals surface area contributed by atoms with Crippen LogP contribution in [0.2, 0.25) is 0 Å². The molecule has 8 heteroatoms. The predicted octanol–water partition coefficient (Wildman–Crippen LogP) is 3.18. The summed E-state index contributed by atoms with van der Waals surface area (Å²) in [4.78, 5) is 8.67. The minimum atomic E-state index is -0.424. The Balaban J connectivity index is 1.65. The number of nitrogens with zero attached hydrogens (tertiary/aromatic N) is 5. The molecule has 4 heterocycles. The topological polar surface area (TPSA) is 118 Å². The molecule has 0 saturated heterocycles. The smallest absolute Gasteiger partial charge is 0.222 e. The molecule has 0 spiro atoms. The van der Waals surface area contributed by atoms with Crippen molar-refractivity contribution in [3.8, 4) is 29.0 Å². The van der Waals surface area contributed by atoms with Crippen molar-refractivity contribution in [2.24, 2.45) is 5.73 Å². The Morgan fingerprint density at radius 1 is 1.13 bits per heavy atom. The lowest BCUT2D eigenvalue weighted by Gasteiger charge is -2.24. The molecule has 3 aromatic heterocycles. The monoisotopic (exact) mass is 395 g/mol. The molecule has 0 bridgehead atoms. The van der Waals surface area contributed by atoms with Crippen molar-refractivity contribution in [3.63, 3.8) is 0 Å². The molecule has 1 aromatic carbocycles. The van der Waals surface area contributed by atoms with E-state index in [0.29, 0.717) is 22.8 Å². The van der Waals surface area contributed by atoms with Gasteiger partial charge in [0, 0.05) is 24.3 Å². The largest absolute Gasteiger partial charge is 0.422 e. The molecule has 4 aromatic rings. The van der Waals surface area contributed by atoms with E-state index in [1.165, 1.54) is 0 Å². The van der Waals surface area contributed by atoms with Gasteiger partial charge in [-0.3, -0.25) is 4.98 Å². The Morgan fingerprint density at radius 3 is 2.63 bits per heavy atom. The molecular weight excluding hydrogens is 378 g/mol. The van der Waals surface area contributed by atoms with Crippen molar-refractivity contribution < 1.29 is 4.74 Å². The van der Waals surface area contributed by atoms with Crippen molar-refractivity contribution >= 4 is 0 Å². The number of ether oxygens (including phenoxy) is 1. The summed E-state index contributed by atoms with van der Waals surface area (Å²) >= 11 is 0. The Kier molecular flexibility index (Phi) is 4.07. The molecule has 0 amide bonds. The third-order valence-corrected chi connectivity index (χ3v) is 5.18. The van der Waals surface area contributed by atoms with Crippen LogP contribution in [-0.2, 0) is 0 Å². The van der Waals surface area contributed by atoms with Gasteiger partial charge in [-0.2, -0.15) is 10.4 Å². The van der Waals surface area contributed by atoms with E-state index in [2.05, 4.69) is 26.2 Å². The summed E-state index contributed by atoms with van der Waals surface area (Å²) in [6.07, 6.45) is 5.37. The van der Waals surface area contributed by atoms with Gasteiger partial charge in [-0.25, -0.2) is 10.1 Å². The van der Waals surface area contributed by atoms with E-state index in [9.17, 15) is 5.26 Å². The number of allylic oxidation sites excluding steroid dienone is 1. The molecule has 1 unspecified atom stereocenters. The number of nitrogens with two attached hydrogens (primary N) is 1. The van der Waals surface area contributed by atoms with Crippen molar-refractivity contribution in [2.45, 2.75) is 12.8 Å². The number of benzene rings is 1. The van der Waals surface area contributed by atoms with Crippen LogP contribution in [0.15, 0.2) is 72.5 Å². The van der Waals surface area contributed by atoms with Crippen molar-refractivity contribution in [1.29, 1.82) is 5.26 Å². The number of hydrogen-bond acceptors (Lipinski definition) is 6. The number of nitrogens with one attached hydrogen (secondary N) is 1. The van der Waals surface area contributed by atoms with Crippen molar-refractivity contribution in [2.75, 3.05) is 0 Å². The van der Waals surface area contributed by atoms with Crippen LogP contribution in [0.1, 0.15) is 22.9 Å². The number of imidazole rings is 1. The fourth-order valence-electron chi connectivity index (χ4n) is 3.76. The van der Waals surface area contributed by atoms with Crippen LogP contribution in [-0.4, -0.2) is 24.7 Å². The SMILES string of the molecule is Cc1nccn1-c1ccc(C2C(C#N)=C(N)Oc3[nH]nc(-c4ccccn4)c32)cc1. The average molecular weight is 395 g/mol. The highest BCUT2D eigenvalue weighted by Crippen LogP contribution is 2.45. The lowest BCUT2D eigenvalue weighted by atomic mass is 9.83. The van der Waals surface area contributed by atoms with E-state index in [1.807, 2.05) is 60.2 Å². The lowest BCUT2D eigenvalue weighted by molar-refractivity contribution is 0.379. The zero-order valence-electron chi connectivity index (χ0n) is 16.1. The van der Waals surface area contributed by atoms with Gasteiger partial charge in [-0.15, -0.1) is 0 Å². The zero-order chi connectivity index (χ0) is 20.7. The van der Waals surface area contributed by atoms with Gasteiger partial charge >= 0.3 is 0 Å². The van der Waals surface area contributed by atoms with Gasteiger partial charge in [0.15, 0.2) is 0 Å². The molecule has 8 nitrogen and oxygen atoms in total.